The van der Waals surface area contributed by atoms with Crippen LogP contribution < -0.4 is 4.74 Å². The van der Waals surface area contributed by atoms with Crippen LogP contribution in [0.3, 0.4) is 0 Å². The smallest absolute Gasteiger partial charge is 0.119 e. The van der Waals surface area contributed by atoms with Crippen molar-refractivity contribution < 1.29 is 29.5 Å². The monoisotopic (exact) mass is 286 g/mol. The maximum atomic E-state index is 8.75. The van der Waals surface area contributed by atoms with Crippen LogP contribution in [-0.4, -0.2) is 55.0 Å². The fourth-order valence-electron chi connectivity index (χ4n) is 1.62. The molecular weight excluding hydrogens is 264 g/mol. The van der Waals surface area contributed by atoms with Crippen LogP contribution in [-0.2, 0) is 22.7 Å². The summed E-state index contributed by atoms with van der Waals surface area (Å²) in [7, 11) is 0. The number of rotatable bonds is 11. The number of aliphatic hydroxyl groups excluding tert-OH is 3. The Morgan fingerprint density at radius 1 is 0.750 bits per heavy atom. The molecule has 0 aliphatic carbocycles. The summed E-state index contributed by atoms with van der Waals surface area (Å²) in [6, 6.07) is 5.48. The van der Waals surface area contributed by atoms with Crippen LogP contribution in [0, 0.1) is 0 Å². The Hall–Kier alpha value is -1.18. The lowest BCUT2D eigenvalue weighted by Gasteiger charge is -2.13. The lowest BCUT2D eigenvalue weighted by molar-refractivity contribution is 0.0711. The molecule has 0 amide bonds. The molecule has 20 heavy (non-hydrogen) atoms. The van der Waals surface area contributed by atoms with Gasteiger partial charge in [-0.15, -0.1) is 0 Å². The van der Waals surface area contributed by atoms with Crippen molar-refractivity contribution in [3.05, 3.63) is 29.3 Å². The standard InChI is InChI=1S/C14H22O6/c15-3-6-18-10-12-1-2-14(20-8-5-17)9-13(12)11-19-7-4-16/h1-2,9,15-17H,3-8,10-11H2. The number of benzene rings is 1. The van der Waals surface area contributed by atoms with E-state index in [2.05, 4.69) is 0 Å². The van der Waals surface area contributed by atoms with E-state index in [1.807, 2.05) is 12.1 Å². The zero-order valence-electron chi connectivity index (χ0n) is 11.5. The van der Waals surface area contributed by atoms with Crippen molar-refractivity contribution >= 4 is 0 Å². The third kappa shape index (κ3) is 6.31. The van der Waals surface area contributed by atoms with Crippen molar-refractivity contribution in [2.45, 2.75) is 13.2 Å². The van der Waals surface area contributed by atoms with Crippen LogP contribution in [0.15, 0.2) is 18.2 Å². The van der Waals surface area contributed by atoms with Gasteiger partial charge in [-0.05, 0) is 23.3 Å². The van der Waals surface area contributed by atoms with Gasteiger partial charge in [0.05, 0.1) is 46.2 Å². The molecule has 1 aromatic rings. The zero-order valence-corrected chi connectivity index (χ0v) is 11.5. The molecule has 1 aromatic carbocycles. The molecule has 0 aliphatic rings. The minimum atomic E-state index is -0.0439. The van der Waals surface area contributed by atoms with Crippen LogP contribution >= 0.6 is 0 Å². The highest BCUT2D eigenvalue weighted by Gasteiger charge is 2.06. The third-order valence-electron chi connectivity index (χ3n) is 2.52. The molecule has 0 radical (unpaired) electrons. The number of hydrogen-bond acceptors (Lipinski definition) is 6. The summed E-state index contributed by atoms with van der Waals surface area (Å²) in [5.74, 6) is 0.646. The molecule has 3 N–H and O–H groups in total. The normalized spacial score (nSPS) is 10.8. The molecule has 0 bridgehead atoms. The molecule has 0 saturated heterocycles. The van der Waals surface area contributed by atoms with Gasteiger partial charge in [-0.1, -0.05) is 6.07 Å². The van der Waals surface area contributed by atoms with Crippen LogP contribution in [0.25, 0.3) is 0 Å². The Balaban J connectivity index is 2.68. The lowest BCUT2D eigenvalue weighted by atomic mass is 10.1. The Bertz CT molecular complexity index is 369. The molecular formula is C14H22O6. The predicted molar refractivity (Wildman–Crippen MR) is 72.5 cm³/mol. The zero-order chi connectivity index (χ0) is 14.6. The molecule has 0 heterocycles. The summed E-state index contributed by atoms with van der Waals surface area (Å²) in [5.41, 5.74) is 1.83. The highest BCUT2D eigenvalue weighted by Crippen LogP contribution is 2.20. The summed E-state index contributed by atoms with van der Waals surface area (Å²) >= 11 is 0. The van der Waals surface area contributed by atoms with E-state index in [9.17, 15) is 0 Å². The van der Waals surface area contributed by atoms with Gasteiger partial charge in [-0.2, -0.15) is 0 Å². The minimum Gasteiger partial charge on any atom is -0.491 e. The number of aliphatic hydroxyl groups is 3. The Morgan fingerprint density at radius 2 is 1.35 bits per heavy atom. The maximum absolute atomic E-state index is 8.75. The molecule has 0 atom stereocenters. The van der Waals surface area contributed by atoms with Gasteiger partial charge in [0.25, 0.3) is 0 Å². The van der Waals surface area contributed by atoms with Gasteiger partial charge < -0.3 is 29.5 Å². The molecule has 0 fully saturated rings. The first kappa shape index (κ1) is 16.9. The largest absolute Gasteiger partial charge is 0.491 e. The molecule has 1 rings (SSSR count). The molecule has 0 unspecified atom stereocenters. The van der Waals surface area contributed by atoms with Gasteiger partial charge in [-0.25, -0.2) is 0 Å². The molecule has 6 nitrogen and oxygen atoms in total. The van der Waals surface area contributed by atoms with Crippen molar-refractivity contribution in [1.29, 1.82) is 0 Å². The van der Waals surface area contributed by atoms with Crippen molar-refractivity contribution in [2.75, 3.05) is 39.6 Å². The van der Waals surface area contributed by atoms with Crippen molar-refractivity contribution in [1.82, 2.24) is 0 Å². The number of hydrogen-bond donors (Lipinski definition) is 3. The van der Waals surface area contributed by atoms with E-state index in [4.69, 9.17) is 29.5 Å². The Kier molecular flexibility index (Phi) is 8.93. The summed E-state index contributed by atoms with van der Waals surface area (Å²) < 4.78 is 16.0. The van der Waals surface area contributed by atoms with Gasteiger partial charge in [0.2, 0.25) is 0 Å². The summed E-state index contributed by atoms with van der Waals surface area (Å²) in [5, 5.41) is 26.2. The van der Waals surface area contributed by atoms with Gasteiger partial charge in [-0.3, -0.25) is 0 Å². The first-order valence-electron chi connectivity index (χ1n) is 6.54. The van der Waals surface area contributed by atoms with Crippen molar-refractivity contribution in [3.63, 3.8) is 0 Å². The fourth-order valence-corrected chi connectivity index (χ4v) is 1.62. The Morgan fingerprint density at radius 3 is 1.95 bits per heavy atom. The summed E-state index contributed by atoms with van der Waals surface area (Å²) in [6.07, 6.45) is 0. The van der Waals surface area contributed by atoms with E-state index >= 15 is 0 Å². The number of ether oxygens (including phenoxy) is 3. The second-order valence-electron chi connectivity index (χ2n) is 4.05. The van der Waals surface area contributed by atoms with E-state index in [1.54, 1.807) is 6.07 Å². The Labute approximate surface area is 118 Å². The van der Waals surface area contributed by atoms with Crippen LogP contribution in [0.1, 0.15) is 11.1 Å². The lowest BCUT2D eigenvalue weighted by Crippen LogP contribution is -2.07. The average molecular weight is 286 g/mol. The van der Waals surface area contributed by atoms with Crippen LogP contribution in [0.5, 0.6) is 5.75 Å². The second-order valence-corrected chi connectivity index (χ2v) is 4.05. The fraction of sp³-hybridized carbons (Fsp3) is 0.571. The molecule has 114 valence electrons. The topological polar surface area (TPSA) is 88.4 Å². The van der Waals surface area contributed by atoms with E-state index in [0.29, 0.717) is 19.0 Å². The van der Waals surface area contributed by atoms with E-state index in [1.165, 1.54) is 0 Å². The van der Waals surface area contributed by atoms with E-state index in [-0.39, 0.29) is 39.6 Å². The van der Waals surface area contributed by atoms with Gasteiger partial charge in [0.15, 0.2) is 0 Å². The predicted octanol–water partition coefficient (Wildman–Crippen LogP) is 0.0755. The van der Waals surface area contributed by atoms with E-state index in [0.717, 1.165) is 11.1 Å². The molecule has 0 spiro atoms. The quantitative estimate of drug-likeness (QED) is 0.499. The second kappa shape index (κ2) is 10.6. The third-order valence-corrected chi connectivity index (χ3v) is 2.52. The molecule has 0 saturated carbocycles. The van der Waals surface area contributed by atoms with E-state index < -0.39 is 0 Å². The average Bonchev–Trinajstić information content (AvgIpc) is 2.47. The van der Waals surface area contributed by atoms with Crippen LogP contribution in [0.4, 0.5) is 0 Å². The van der Waals surface area contributed by atoms with Gasteiger partial charge in [0.1, 0.15) is 12.4 Å². The van der Waals surface area contributed by atoms with Crippen LogP contribution in [0.2, 0.25) is 0 Å². The maximum Gasteiger partial charge on any atom is 0.119 e. The molecule has 6 heteroatoms. The minimum absolute atomic E-state index is 0.0198. The first-order chi connectivity index (χ1) is 9.81. The highest BCUT2D eigenvalue weighted by molar-refractivity contribution is 5.35. The van der Waals surface area contributed by atoms with Crippen molar-refractivity contribution in [3.8, 4) is 5.75 Å². The summed E-state index contributed by atoms with van der Waals surface area (Å²) in [6.45, 7) is 1.39. The van der Waals surface area contributed by atoms with Gasteiger partial charge >= 0.3 is 0 Å². The van der Waals surface area contributed by atoms with Crippen molar-refractivity contribution in [2.24, 2.45) is 0 Å². The highest BCUT2D eigenvalue weighted by atomic mass is 16.5. The van der Waals surface area contributed by atoms with Gasteiger partial charge in [0, 0.05) is 0 Å². The molecule has 0 aliphatic heterocycles. The SMILES string of the molecule is OCCOCc1ccc(OCCO)cc1COCCO. The molecule has 0 aromatic heterocycles. The first-order valence-corrected chi connectivity index (χ1v) is 6.54. The summed E-state index contributed by atoms with van der Waals surface area (Å²) in [4.78, 5) is 0.